The van der Waals surface area contributed by atoms with Crippen LogP contribution in [-0.2, 0) is 18.3 Å². The number of hydrogen-bond acceptors (Lipinski definition) is 4. The van der Waals surface area contributed by atoms with Gasteiger partial charge in [-0.25, -0.2) is 0 Å². The molecular weight excluding hydrogens is 316 g/mol. The molecule has 1 amide bonds. The highest BCUT2D eigenvalue weighted by molar-refractivity contribution is 6.29. The van der Waals surface area contributed by atoms with Gasteiger partial charge in [-0.05, 0) is 45.2 Å². The molecule has 2 aromatic heterocycles. The van der Waals surface area contributed by atoms with Gasteiger partial charge in [0.05, 0.1) is 23.9 Å². The molecule has 1 aliphatic rings. The summed E-state index contributed by atoms with van der Waals surface area (Å²) in [5.41, 5.74) is 4.64. The minimum absolute atomic E-state index is 0.0587. The molecule has 0 unspecified atom stereocenters. The smallest absolute Gasteiger partial charge is 0.229 e. The average molecular weight is 337 g/mol. The van der Waals surface area contributed by atoms with Gasteiger partial charge in [-0.2, -0.15) is 5.10 Å². The lowest BCUT2D eigenvalue weighted by Gasteiger charge is -2.25. The van der Waals surface area contributed by atoms with Crippen molar-refractivity contribution in [2.45, 2.75) is 46.1 Å². The Bertz CT molecular complexity index is 730. The molecule has 0 spiro atoms. The molecule has 0 aliphatic carbocycles. The van der Waals surface area contributed by atoms with Gasteiger partial charge < -0.3 is 9.42 Å². The Hall–Kier alpha value is -1.82. The third-order valence-corrected chi connectivity index (χ3v) is 5.03. The molecule has 1 fully saturated rings. The number of carbonyl (C=O) groups excluding carboxylic acids is 1. The van der Waals surface area contributed by atoms with Gasteiger partial charge in [0.15, 0.2) is 0 Å². The summed E-state index contributed by atoms with van der Waals surface area (Å²) in [5, 5.41) is 8.51. The quantitative estimate of drug-likeness (QED) is 0.864. The fourth-order valence-electron chi connectivity index (χ4n) is 3.45. The molecular formula is C16H21ClN4O2. The lowest BCUT2D eigenvalue weighted by atomic mass is 10.0. The molecule has 1 aliphatic heterocycles. The largest absolute Gasteiger partial charge is 0.344 e. The highest BCUT2D eigenvalue weighted by Crippen LogP contribution is 2.36. The molecule has 0 aromatic carbocycles. The Morgan fingerprint density at radius 2 is 2.09 bits per heavy atom. The molecule has 0 N–H and O–H groups in total. The van der Waals surface area contributed by atoms with E-state index in [1.54, 1.807) is 6.92 Å². The third kappa shape index (κ3) is 2.76. The summed E-state index contributed by atoms with van der Waals surface area (Å²) < 4.78 is 6.82. The predicted octanol–water partition coefficient (Wildman–Crippen LogP) is 2.89. The van der Waals surface area contributed by atoms with Crippen molar-refractivity contribution < 1.29 is 9.32 Å². The zero-order chi connectivity index (χ0) is 16.7. The summed E-state index contributed by atoms with van der Waals surface area (Å²) in [4.78, 5) is 14.7. The topological polar surface area (TPSA) is 64.2 Å². The van der Waals surface area contributed by atoms with E-state index in [1.807, 2.05) is 23.6 Å². The van der Waals surface area contributed by atoms with E-state index in [-0.39, 0.29) is 23.6 Å². The number of hydrogen-bond donors (Lipinski definition) is 0. The number of amides is 1. The fourth-order valence-corrected chi connectivity index (χ4v) is 3.69. The Labute approximate surface area is 140 Å². The van der Waals surface area contributed by atoms with Gasteiger partial charge in [0.1, 0.15) is 0 Å². The Morgan fingerprint density at radius 3 is 2.65 bits per heavy atom. The van der Waals surface area contributed by atoms with Crippen molar-refractivity contribution in [1.82, 2.24) is 19.8 Å². The van der Waals surface area contributed by atoms with Crippen molar-refractivity contribution in [3.63, 3.8) is 0 Å². The van der Waals surface area contributed by atoms with Gasteiger partial charge in [0.25, 0.3) is 0 Å². The van der Waals surface area contributed by atoms with E-state index in [2.05, 4.69) is 17.2 Å². The first-order valence-electron chi connectivity index (χ1n) is 7.80. The van der Waals surface area contributed by atoms with Crippen LogP contribution in [0.3, 0.4) is 0 Å². The highest BCUT2D eigenvalue weighted by atomic mass is 35.5. The molecule has 3 heterocycles. The first-order valence-corrected chi connectivity index (χ1v) is 8.18. The second-order valence-electron chi connectivity index (χ2n) is 6.15. The van der Waals surface area contributed by atoms with Crippen LogP contribution in [0.2, 0.25) is 5.22 Å². The molecule has 1 atom stereocenters. The van der Waals surface area contributed by atoms with Gasteiger partial charge in [0, 0.05) is 30.4 Å². The number of likely N-dealkylation sites (tertiary alicyclic amines) is 1. The van der Waals surface area contributed by atoms with Gasteiger partial charge in [-0.15, -0.1) is 0 Å². The lowest BCUT2D eigenvalue weighted by molar-refractivity contribution is -0.131. The maximum absolute atomic E-state index is 12.8. The van der Waals surface area contributed by atoms with E-state index >= 15 is 0 Å². The van der Waals surface area contributed by atoms with Crippen molar-refractivity contribution in [2.75, 3.05) is 6.54 Å². The summed E-state index contributed by atoms with van der Waals surface area (Å²) in [6.07, 6.45) is 2.19. The molecule has 6 nitrogen and oxygen atoms in total. The standard InChI is InChI=1S/C16H21ClN4O2/c1-9-12(16(17)23-19-9)8-14(22)21-7-5-6-13(21)15-10(2)18-20(4)11(15)3/h13H,5-8H2,1-4H3/t13-/m1/s1. The van der Waals surface area contributed by atoms with Crippen molar-refractivity contribution in [3.8, 4) is 0 Å². The summed E-state index contributed by atoms with van der Waals surface area (Å²) in [6, 6.07) is 0.0927. The van der Waals surface area contributed by atoms with Crippen molar-refractivity contribution in [3.05, 3.63) is 33.4 Å². The molecule has 2 aromatic rings. The van der Waals surface area contributed by atoms with Crippen LogP contribution < -0.4 is 0 Å². The summed E-state index contributed by atoms with van der Waals surface area (Å²) >= 11 is 5.99. The zero-order valence-corrected chi connectivity index (χ0v) is 14.6. The van der Waals surface area contributed by atoms with Crippen molar-refractivity contribution in [2.24, 2.45) is 7.05 Å². The summed E-state index contributed by atoms with van der Waals surface area (Å²) in [7, 11) is 1.94. The van der Waals surface area contributed by atoms with Crippen molar-refractivity contribution >= 4 is 17.5 Å². The molecule has 124 valence electrons. The molecule has 23 heavy (non-hydrogen) atoms. The number of nitrogens with zero attached hydrogens (tertiary/aromatic N) is 4. The Balaban J connectivity index is 1.85. The molecule has 0 radical (unpaired) electrons. The molecule has 0 saturated carbocycles. The van der Waals surface area contributed by atoms with Gasteiger partial charge in [-0.1, -0.05) is 5.16 Å². The van der Waals surface area contributed by atoms with Crippen LogP contribution in [0.4, 0.5) is 0 Å². The minimum atomic E-state index is 0.0587. The maximum Gasteiger partial charge on any atom is 0.229 e. The summed E-state index contributed by atoms with van der Waals surface area (Å²) in [5.74, 6) is 0.0587. The highest BCUT2D eigenvalue weighted by Gasteiger charge is 2.34. The predicted molar refractivity (Wildman–Crippen MR) is 86.3 cm³/mol. The number of halogens is 1. The van der Waals surface area contributed by atoms with Crippen LogP contribution in [0.5, 0.6) is 0 Å². The van der Waals surface area contributed by atoms with E-state index in [0.29, 0.717) is 11.3 Å². The number of aromatic nitrogens is 3. The van der Waals surface area contributed by atoms with Crippen molar-refractivity contribution in [1.29, 1.82) is 0 Å². The summed E-state index contributed by atoms with van der Waals surface area (Å²) in [6.45, 7) is 6.62. The first-order chi connectivity index (χ1) is 10.9. The number of carbonyl (C=O) groups is 1. The van der Waals surface area contributed by atoms with Gasteiger partial charge in [-0.3, -0.25) is 9.48 Å². The van der Waals surface area contributed by atoms with E-state index < -0.39 is 0 Å². The molecule has 0 bridgehead atoms. The normalized spacial score (nSPS) is 18.0. The van der Waals surface area contributed by atoms with E-state index in [0.717, 1.165) is 30.8 Å². The zero-order valence-electron chi connectivity index (χ0n) is 13.9. The second-order valence-corrected chi connectivity index (χ2v) is 6.49. The van der Waals surface area contributed by atoms with Crippen LogP contribution in [-0.4, -0.2) is 32.3 Å². The fraction of sp³-hybridized carbons (Fsp3) is 0.562. The van der Waals surface area contributed by atoms with Crippen LogP contribution >= 0.6 is 11.6 Å². The molecule has 7 heteroatoms. The van der Waals surface area contributed by atoms with Crippen LogP contribution in [0.25, 0.3) is 0 Å². The third-order valence-electron chi connectivity index (χ3n) is 4.74. The average Bonchev–Trinajstić information content (AvgIpc) is 3.15. The van der Waals surface area contributed by atoms with Crippen LogP contribution in [0.1, 0.15) is 47.1 Å². The minimum Gasteiger partial charge on any atom is -0.344 e. The lowest BCUT2D eigenvalue weighted by Crippen LogP contribution is -2.32. The Kier molecular flexibility index (Phi) is 4.19. The maximum atomic E-state index is 12.8. The molecule has 1 saturated heterocycles. The van der Waals surface area contributed by atoms with Gasteiger partial charge in [0.2, 0.25) is 11.1 Å². The van der Waals surface area contributed by atoms with Crippen LogP contribution in [0, 0.1) is 20.8 Å². The second kappa shape index (κ2) is 6.00. The number of aryl methyl sites for hydroxylation is 3. The Morgan fingerprint density at radius 1 is 1.35 bits per heavy atom. The van der Waals surface area contributed by atoms with E-state index in [4.69, 9.17) is 16.1 Å². The SMILES string of the molecule is Cc1noc(Cl)c1CC(=O)N1CCC[C@@H]1c1c(C)nn(C)c1C. The number of rotatable bonds is 3. The van der Waals surface area contributed by atoms with Gasteiger partial charge >= 0.3 is 0 Å². The monoisotopic (exact) mass is 336 g/mol. The van der Waals surface area contributed by atoms with Crippen LogP contribution in [0.15, 0.2) is 4.52 Å². The van der Waals surface area contributed by atoms with E-state index in [9.17, 15) is 4.79 Å². The van der Waals surface area contributed by atoms with E-state index in [1.165, 1.54) is 5.56 Å². The molecule has 3 rings (SSSR count). The first kappa shape index (κ1) is 16.1.